The van der Waals surface area contributed by atoms with Gasteiger partial charge in [0.2, 0.25) is 0 Å². The van der Waals surface area contributed by atoms with Gasteiger partial charge in [-0.05, 0) is 127 Å². The molecule has 2 aliphatic carbocycles. The van der Waals surface area contributed by atoms with Gasteiger partial charge < -0.3 is 9.47 Å². The molecule has 0 radical (unpaired) electrons. The maximum absolute atomic E-state index is 2.46. The van der Waals surface area contributed by atoms with Crippen molar-refractivity contribution in [3.8, 4) is 50.2 Å². The smallest absolute Gasteiger partial charge is 0.0541 e. The second kappa shape index (κ2) is 13.5. The summed E-state index contributed by atoms with van der Waals surface area (Å²) in [4.78, 5) is 2.46. The minimum Gasteiger partial charge on any atom is -0.310 e. The van der Waals surface area contributed by atoms with Gasteiger partial charge in [0.15, 0.2) is 0 Å². The number of rotatable bonds is 6. The highest BCUT2D eigenvalue weighted by atomic mass is 15.1. The third kappa shape index (κ3) is 5.43. The van der Waals surface area contributed by atoms with Crippen LogP contribution in [0.4, 0.5) is 17.1 Å². The number of fused-ring (bicyclic) bond motifs is 9. The molecule has 12 rings (SSSR count). The molecule has 1 heterocycles. The zero-order valence-electron chi connectivity index (χ0n) is 35.5. The first-order chi connectivity index (χ1) is 30.3. The molecule has 0 fully saturated rings. The maximum Gasteiger partial charge on any atom is 0.0541 e. The standard InChI is InChI=1S/C60H46N2/c1-59(2)53-19-11-8-16-47(53)48-33-30-44(36-54(48)59)61(43-28-26-42(27-29-43)41-24-22-40(23-25-41)39-14-6-5-7-15-39)45-31-34-49-50-35-32-46(38-56(50)60(3,4)55(49)37-45)62-57-20-12-9-17-51(57)52-18-10-13-21-58(52)62/h5-38H,1-4H3. The van der Waals surface area contributed by atoms with Gasteiger partial charge in [0, 0.05) is 44.4 Å². The monoisotopic (exact) mass is 794 g/mol. The highest BCUT2D eigenvalue weighted by molar-refractivity contribution is 6.09. The molecule has 2 nitrogen and oxygen atoms in total. The Morgan fingerprint density at radius 1 is 0.323 bits per heavy atom. The lowest BCUT2D eigenvalue weighted by molar-refractivity contribution is 0.659. The van der Waals surface area contributed by atoms with E-state index in [4.69, 9.17) is 0 Å². The minimum atomic E-state index is -0.224. The first kappa shape index (κ1) is 36.4. The van der Waals surface area contributed by atoms with Gasteiger partial charge in [-0.1, -0.05) is 173 Å². The molecule has 0 saturated heterocycles. The molecule has 2 heteroatoms. The number of hydrogen-bond donors (Lipinski definition) is 0. The third-order valence-electron chi connectivity index (χ3n) is 14.0. The van der Waals surface area contributed by atoms with Gasteiger partial charge in [0.05, 0.1) is 11.0 Å². The van der Waals surface area contributed by atoms with Gasteiger partial charge in [-0.15, -0.1) is 0 Å². The molecular weight excluding hydrogens is 749 g/mol. The number of aromatic nitrogens is 1. The Kier molecular flexibility index (Phi) is 7.96. The van der Waals surface area contributed by atoms with E-state index in [0.717, 1.165) is 17.1 Å². The Balaban J connectivity index is 0.964. The van der Waals surface area contributed by atoms with Gasteiger partial charge in [-0.25, -0.2) is 0 Å². The zero-order valence-corrected chi connectivity index (χ0v) is 35.5. The van der Waals surface area contributed by atoms with E-state index in [0.29, 0.717) is 0 Å². The van der Waals surface area contributed by atoms with Gasteiger partial charge in [0.25, 0.3) is 0 Å². The van der Waals surface area contributed by atoms with Crippen LogP contribution in [-0.2, 0) is 10.8 Å². The van der Waals surface area contributed by atoms with Crippen LogP contribution in [0.3, 0.4) is 0 Å². The average Bonchev–Trinajstić information content (AvgIpc) is 3.86. The fourth-order valence-corrected chi connectivity index (χ4v) is 10.8. The van der Waals surface area contributed by atoms with E-state index in [1.54, 1.807) is 0 Å². The quantitative estimate of drug-likeness (QED) is 0.163. The summed E-state index contributed by atoms with van der Waals surface area (Å²) in [5.74, 6) is 0. The van der Waals surface area contributed by atoms with Crippen LogP contribution in [0.5, 0.6) is 0 Å². The highest BCUT2D eigenvalue weighted by Crippen LogP contribution is 2.53. The molecule has 0 spiro atoms. The number of para-hydroxylation sites is 2. The number of benzene rings is 9. The molecule has 0 saturated carbocycles. The Labute approximate surface area is 364 Å². The molecule has 2 aliphatic rings. The van der Waals surface area contributed by atoms with Crippen molar-refractivity contribution in [2.45, 2.75) is 38.5 Å². The normalized spacial score (nSPS) is 14.1. The summed E-state index contributed by atoms with van der Waals surface area (Å²) in [6, 6.07) is 76.5. The molecule has 1 aromatic heterocycles. The predicted molar refractivity (Wildman–Crippen MR) is 261 cm³/mol. The second-order valence-electron chi connectivity index (χ2n) is 18.2. The van der Waals surface area contributed by atoms with Gasteiger partial charge in [0.1, 0.15) is 0 Å². The van der Waals surface area contributed by atoms with Crippen molar-refractivity contribution in [1.82, 2.24) is 4.57 Å². The van der Waals surface area contributed by atoms with Crippen LogP contribution in [-0.4, -0.2) is 4.57 Å². The second-order valence-corrected chi connectivity index (χ2v) is 18.2. The van der Waals surface area contributed by atoms with E-state index in [1.807, 2.05) is 0 Å². The average molecular weight is 795 g/mol. The first-order valence-electron chi connectivity index (χ1n) is 21.8. The van der Waals surface area contributed by atoms with Crippen LogP contribution >= 0.6 is 0 Å². The zero-order chi connectivity index (χ0) is 41.7. The topological polar surface area (TPSA) is 8.17 Å². The van der Waals surface area contributed by atoms with Crippen LogP contribution in [0.2, 0.25) is 0 Å². The van der Waals surface area contributed by atoms with Gasteiger partial charge in [-0.2, -0.15) is 0 Å². The minimum absolute atomic E-state index is 0.112. The van der Waals surface area contributed by atoms with Crippen molar-refractivity contribution >= 4 is 38.9 Å². The van der Waals surface area contributed by atoms with Crippen molar-refractivity contribution < 1.29 is 0 Å². The number of hydrogen-bond acceptors (Lipinski definition) is 1. The molecular formula is C60H46N2. The van der Waals surface area contributed by atoms with E-state index in [1.165, 1.54) is 94.3 Å². The van der Waals surface area contributed by atoms with E-state index in [9.17, 15) is 0 Å². The summed E-state index contributed by atoms with van der Waals surface area (Å²) in [7, 11) is 0. The predicted octanol–water partition coefficient (Wildman–Crippen LogP) is 16.2. The van der Waals surface area contributed by atoms with Gasteiger partial charge >= 0.3 is 0 Å². The Bertz CT molecular complexity index is 3330. The summed E-state index contributed by atoms with van der Waals surface area (Å²) in [5.41, 5.74) is 22.4. The van der Waals surface area contributed by atoms with Crippen LogP contribution in [0.25, 0.3) is 72.0 Å². The molecule has 0 atom stereocenters. The molecule has 0 aliphatic heterocycles. The maximum atomic E-state index is 2.46. The van der Waals surface area contributed by atoms with Crippen molar-refractivity contribution in [2.24, 2.45) is 0 Å². The summed E-state index contributed by atoms with van der Waals surface area (Å²) in [6.45, 7) is 9.53. The molecule has 0 N–H and O–H groups in total. The van der Waals surface area contributed by atoms with Crippen molar-refractivity contribution in [2.75, 3.05) is 4.90 Å². The first-order valence-corrected chi connectivity index (χ1v) is 21.8. The van der Waals surface area contributed by atoms with E-state index >= 15 is 0 Å². The highest BCUT2D eigenvalue weighted by Gasteiger charge is 2.38. The lowest BCUT2D eigenvalue weighted by Gasteiger charge is -2.30. The molecule has 62 heavy (non-hydrogen) atoms. The fourth-order valence-electron chi connectivity index (χ4n) is 10.8. The molecule has 10 aromatic rings. The molecule has 9 aromatic carbocycles. The van der Waals surface area contributed by atoms with Gasteiger partial charge in [-0.3, -0.25) is 0 Å². The number of anilines is 3. The lowest BCUT2D eigenvalue weighted by atomic mass is 9.82. The fraction of sp³-hybridized carbons (Fsp3) is 0.100. The Hall–Kier alpha value is -7.42. The Morgan fingerprint density at radius 3 is 1.31 bits per heavy atom. The summed E-state index contributed by atoms with van der Waals surface area (Å²) >= 11 is 0. The molecule has 0 bridgehead atoms. The van der Waals surface area contributed by atoms with E-state index in [-0.39, 0.29) is 10.8 Å². The van der Waals surface area contributed by atoms with Crippen molar-refractivity contribution in [3.63, 3.8) is 0 Å². The molecule has 0 unspecified atom stereocenters. The van der Waals surface area contributed by atoms with Crippen LogP contribution in [0, 0.1) is 0 Å². The summed E-state index contributed by atoms with van der Waals surface area (Å²) in [6.07, 6.45) is 0. The number of nitrogens with zero attached hydrogens (tertiary/aromatic N) is 2. The van der Waals surface area contributed by atoms with Crippen molar-refractivity contribution in [1.29, 1.82) is 0 Å². The lowest BCUT2D eigenvalue weighted by Crippen LogP contribution is -2.18. The summed E-state index contributed by atoms with van der Waals surface area (Å²) < 4.78 is 2.44. The molecule has 296 valence electrons. The van der Waals surface area contributed by atoms with Crippen LogP contribution in [0.1, 0.15) is 49.9 Å². The van der Waals surface area contributed by atoms with E-state index < -0.39 is 0 Å². The largest absolute Gasteiger partial charge is 0.310 e. The van der Waals surface area contributed by atoms with Crippen LogP contribution < -0.4 is 4.90 Å². The summed E-state index contributed by atoms with van der Waals surface area (Å²) in [5, 5.41) is 2.56. The third-order valence-corrected chi connectivity index (χ3v) is 14.0. The van der Waals surface area contributed by atoms with E-state index in [2.05, 4.69) is 243 Å². The van der Waals surface area contributed by atoms with Crippen LogP contribution in [0.15, 0.2) is 206 Å². The SMILES string of the molecule is CC1(C)c2ccccc2-c2ccc(N(c3ccc(-c4ccc(-c5ccccc5)cc4)cc3)c3ccc4c(c3)C(C)(C)c3cc(-n5c6ccccc6c6ccccc65)ccc3-4)cc21. The Morgan fingerprint density at radius 2 is 0.726 bits per heavy atom. The van der Waals surface area contributed by atoms with Crippen molar-refractivity contribution in [3.05, 3.63) is 229 Å². The molecule has 0 amide bonds.